The van der Waals surface area contributed by atoms with E-state index in [1.165, 1.54) is 0 Å². The van der Waals surface area contributed by atoms with Crippen LogP contribution >= 0.6 is 0 Å². The zero-order valence-electron chi connectivity index (χ0n) is 6.14. The van der Waals surface area contributed by atoms with Gasteiger partial charge in [0, 0.05) is 0 Å². The van der Waals surface area contributed by atoms with Crippen molar-refractivity contribution >= 4 is 0 Å². The molecule has 60 valence electrons. The molecule has 4 N–H and O–H groups in total. The normalized spacial score (nSPS) is 15.8. The van der Waals surface area contributed by atoms with Gasteiger partial charge in [0.25, 0.3) is 0 Å². The van der Waals surface area contributed by atoms with Crippen molar-refractivity contribution in [1.29, 1.82) is 0 Å². The number of imidazole rings is 1. The van der Waals surface area contributed by atoms with Gasteiger partial charge in [0.15, 0.2) is 6.04 Å². The summed E-state index contributed by atoms with van der Waals surface area (Å²) in [6.07, 6.45) is 5.93. The Bertz CT molecular complexity index is 218. The van der Waals surface area contributed by atoms with Crippen LogP contribution in [0.1, 0.15) is 6.04 Å². The number of hydrogen-bond donors (Lipinski definition) is 3. The predicted molar refractivity (Wildman–Crippen MR) is 40.4 cm³/mol. The summed E-state index contributed by atoms with van der Waals surface area (Å²) < 4.78 is 1.75. The Kier molecular flexibility index (Phi) is 2.40. The maximum Gasteiger partial charge on any atom is 0.242 e. The fourth-order valence-electron chi connectivity index (χ4n) is 0.924. The standard InChI is InChI=1S/C7H11N3O/c1-2-6(7(8)11)10-4-3-9-5-10/h2-7,11H,1,8H2/p+1. The predicted octanol–water partition coefficient (Wildman–Crippen LogP) is -0.694. The summed E-state index contributed by atoms with van der Waals surface area (Å²) in [6.45, 7) is 3.56. The molecule has 0 spiro atoms. The van der Waals surface area contributed by atoms with Crippen LogP contribution in [-0.4, -0.2) is 16.3 Å². The van der Waals surface area contributed by atoms with Crippen LogP contribution in [0.25, 0.3) is 0 Å². The van der Waals surface area contributed by atoms with Crippen LogP contribution in [0.15, 0.2) is 31.4 Å². The summed E-state index contributed by atoms with van der Waals surface area (Å²) in [5, 5.41) is 9.06. The average Bonchev–Trinajstić information content (AvgIpc) is 2.40. The highest BCUT2D eigenvalue weighted by molar-refractivity contribution is 4.78. The average molecular weight is 154 g/mol. The monoisotopic (exact) mass is 154 g/mol. The lowest BCUT2D eigenvalue weighted by molar-refractivity contribution is -0.718. The van der Waals surface area contributed by atoms with Gasteiger partial charge in [-0.3, -0.25) is 4.98 Å². The second-order valence-corrected chi connectivity index (χ2v) is 2.28. The maximum absolute atomic E-state index is 9.06. The van der Waals surface area contributed by atoms with E-state index in [0.717, 1.165) is 0 Å². The number of aromatic amines is 1. The van der Waals surface area contributed by atoms with Crippen molar-refractivity contribution in [3.63, 3.8) is 0 Å². The smallest absolute Gasteiger partial charge is 0.242 e. The van der Waals surface area contributed by atoms with E-state index in [1.54, 1.807) is 29.4 Å². The van der Waals surface area contributed by atoms with Gasteiger partial charge in [-0.15, -0.1) is 0 Å². The van der Waals surface area contributed by atoms with Crippen molar-refractivity contribution in [2.45, 2.75) is 12.3 Å². The third-order valence-corrected chi connectivity index (χ3v) is 1.50. The zero-order valence-corrected chi connectivity index (χ0v) is 6.14. The highest BCUT2D eigenvalue weighted by Crippen LogP contribution is 1.98. The van der Waals surface area contributed by atoms with Gasteiger partial charge in [0.2, 0.25) is 6.33 Å². The molecule has 0 radical (unpaired) electrons. The van der Waals surface area contributed by atoms with Crippen LogP contribution in [0.4, 0.5) is 0 Å². The van der Waals surface area contributed by atoms with Crippen molar-refractivity contribution in [1.82, 2.24) is 4.98 Å². The summed E-state index contributed by atoms with van der Waals surface area (Å²) in [5.74, 6) is 0. The van der Waals surface area contributed by atoms with Crippen LogP contribution in [0.5, 0.6) is 0 Å². The fraction of sp³-hybridized carbons (Fsp3) is 0.286. The van der Waals surface area contributed by atoms with E-state index in [2.05, 4.69) is 11.6 Å². The lowest BCUT2D eigenvalue weighted by Gasteiger charge is -2.10. The highest BCUT2D eigenvalue weighted by Gasteiger charge is 2.16. The van der Waals surface area contributed by atoms with Crippen LogP contribution in [-0.2, 0) is 0 Å². The largest absolute Gasteiger partial charge is 0.374 e. The number of H-pyrrole nitrogens is 1. The molecule has 0 aromatic carbocycles. The Morgan fingerprint density at radius 2 is 2.45 bits per heavy atom. The maximum atomic E-state index is 9.06. The third-order valence-electron chi connectivity index (χ3n) is 1.50. The van der Waals surface area contributed by atoms with Crippen LogP contribution < -0.4 is 10.3 Å². The van der Waals surface area contributed by atoms with E-state index in [4.69, 9.17) is 10.8 Å². The van der Waals surface area contributed by atoms with E-state index in [-0.39, 0.29) is 6.04 Å². The molecule has 11 heavy (non-hydrogen) atoms. The molecule has 4 heteroatoms. The summed E-state index contributed by atoms with van der Waals surface area (Å²) >= 11 is 0. The molecular weight excluding hydrogens is 142 g/mol. The number of nitrogens with zero attached hydrogens (tertiary/aromatic N) is 1. The van der Waals surface area contributed by atoms with Crippen molar-refractivity contribution in [2.75, 3.05) is 0 Å². The van der Waals surface area contributed by atoms with Crippen molar-refractivity contribution < 1.29 is 9.67 Å². The van der Waals surface area contributed by atoms with Gasteiger partial charge in [-0.2, -0.15) is 0 Å². The molecule has 1 aromatic rings. The summed E-state index contributed by atoms with van der Waals surface area (Å²) in [7, 11) is 0. The fourth-order valence-corrected chi connectivity index (χ4v) is 0.924. The van der Waals surface area contributed by atoms with Gasteiger partial charge >= 0.3 is 0 Å². The molecule has 2 atom stereocenters. The first-order chi connectivity index (χ1) is 5.25. The summed E-state index contributed by atoms with van der Waals surface area (Å²) in [5.41, 5.74) is 5.29. The number of hydrogen-bond acceptors (Lipinski definition) is 2. The number of aliphatic hydroxyl groups is 1. The molecule has 0 saturated carbocycles. The molecule has 2 unspecified atom stereocenters. The van der Waals surface area contributed by atoms with Crippen molar-refractivity contribution in [3.8, 4) is 0 Å². The Hall–Kier alpha value is -1.13. The van der Waals surface area contributed by atoms with Crippen molar-refractivity contribution in [3.05, 3.63) is 31.4 Å². The third kappa shape index (κ3) is 1.66. The number of nitrogens with one attached hydrogen (secondary N) is 1. The van der Waals surface area contributed by atoms with Crippen LogP contribution in [0.3, 0.4) is 0 Å². The van der Waals surface area contributed by atoms with E-state index < -0.39 is 6.23 Å². The number of aromatic nitrogens is 2. The first-order valence-electron chi connectivity index (χ1n) is 3.35. The topological polar surface area (TPSA) is 65.9 Å². The van der Waals surface area contributed by atoms with Gasteiger partial charge in [-0.25, -0.2) is 4.57 Å². The minimum Gasteiger partial charge on any atom is -0.374 e. The molecule has 0 fully saturated rings. The Morgan fingerprint density at radius 1 is 1.73 bits per heavy atom. The molecule has 0 amide bonds. The first kappa shape index (κ1) is 7.97. The molecule has 4 nitrogen and oxygen atoms in total. The molecule has 0 aliphatic rings. The van der Waals surface area contributed by atoms with E-state index in [0.29, 0.717) is 0 Å². The first-order valence-corrected chi connectivity index (χ1v) is 3.35. The minimum absolute atomic E-state index is 0.263. The molecule has 0 bridgehead atoms. The van der Waals surface area contributed by atoms with E-state index in [1.807, 2.05) is 0 Å². The van der Waals surface area contributed by atoms with Crippen LogP contribution in [0, 0.1) is 0 Å². The quantitative estimate of drug-likeness (QED) is 0.306. The van der Waals surface area contributed by atoms with Gasteiger partial charge in [0.05, 0.1) is 0 Å². The summed E-state index contributed by atoms with van der Waals surface area (Å²) in [4.78, 5) is 2.85. The van der Waals surface area contributed by atoms with Crippen LogP contribution in [0.2, 0.25) is 0 Å². The Labute approximate surface area is 65.0 Å². The number of aliphatic hydroxyl groups excluding tert-OH is 1. The molecule has 1 heterocycles. The second-order valence-electron chi connectivity index (χ2n) is 2.28. The van der Waals surface area contributed by atoms with E-state index in [9.17, 15) is 0 Å². The van der Waals surface area contributed by atoms with E-state index >= 15 is 0 Å². The molecular formula is C7H12N3O+. The molecule has 0 aliphatic heterocycles. The van der Waals surface area contributed by atoms with Gasteiger partial charge in [-0.05, 0) is 6.08 Å². The minimum atomic E-state index is -0.909. The van der Waals surface area contributed by atoms with Gasteiger partial charge < -0.3 is 10.8 Å². The van der Waals surface area contributed by atoms with Crippen molar-refractivity contribution in [2.24, 2.45) is 5.73 Å². The van der Waals surface area contributed by atoms with Gasteiger partial charge in [-0.1, -0.05) is 6.58 Å². The Morgan fingerprint density at radius 3 is 2.82 bits per heavy atom. The molecule has 1 aromatic heterocycles. The van der Waals surface area contributed by atoms with Gasteiger partial charge in [0.1, 0.15) is 18.6 Å². The lowest BCUT2D eigenvalue weighted by Crippen LogP contribution is -2.46. The molecule has 1 rings (SSSR count). The molecule has 0 saturated heterocycles. The highest BCUT2D eigenvalue weighted by atomic mass is 16.3. The zero-order chi connectivity index (χ0) is 8.27. The Balaban J connectivity index is 2.79. The molecule has 0 aliphatic carbocycles. The number of nitrogens with two attached hydrogens (primary N) is 1. The second kappa shape index (κ2) is 3.32. The number of rotatable bonds is 3. The lowest BCUT2D eigenvalue weighted by atomic mass is 10.2. The SMILES string of the molecule is C=CC(C(N)O)[n+]1cc[nH]c1. The summed E-state index contributed by atoms with van der Waals surface area (Å²) in [6, 6.07) is -0.263.